The van der Waals surface area contributed by atoms with Crippen molar-refractivity contribution in [3.63, 3.8) is 0 Å². The van der Waals surface area contributed by atoms with Crippen LogP contribution in [-0.2, 0) is 0 Å². The summed E-state index contributed by atoms with van der Waals surface area (Å²) in [6.45, 7) is 1.85. The van der Waals surface area contributed by atoms with E-state index in [4.69, 9.17) is 5.26 Å². The van der Waals surface area contributed by atoms with Gasteiger partial charge in [-0.1, -0.05) is 17.3 Å². The molecule has 3 rings (SSSR count). The molecule has 0 spiro atoms. The van der Waals surface area contributed by atoms with Gasteiger partial charge in [0.1, 0.15) is 5.52 Å². The summed E-state index contributed by atoms with van der Waals surface area (Å²) in [5, 5.41) is 17.1. The van der Waals surface area contributed by atoms with Crippen molar-refractivity contribution in [2.24, 2.45) is 0 Å². The molecule has 0 saturated heterocycles. The zero-order valence-corrected chi connectivity index (χ0v) is 9.70. The molecule has 0 N–H and O–H groups in total. The SMILES string of the molecule is Cc1cc(C#N)cc(-n2nnc3ccccc32)n1. The summed E-state index contributed by atoms with van der Waals surface area (Å²) in [7, 11) is 0. The zero-order valence-electron chi connectivity index (χ0n) is 9.70. The molecule has 0 bridgehead atoms. The number of fused-ring (bicyclic) bond motifs is 1. The number of pyridine rings is 1. The predicted octanol–water partition coefficient (Wildman–Crippen LogP) is 2.00. The Morgan fingerprint density at radius 3 is 2.89 bits per heavy atom. The van der Waals surface area contributed by atoms with Crippen molar-refractivity contribution < 1.29 is 0 Å². The molecule has 0 radical (unpaired) electrons. The third-order valence-electron chi connectivity index (χ3n) is 2.64. The van der Waals surface area contributed by atoms with Crippen LogP contribution in [0.4, 0.5) is 0 Å². The van der Waals surface area contributed by atoms with E-state index < -0.39 is 0 Å². The number of para-hydroxylation sites is 1. The lowest BCUT2D eigenvalue weighted by atomic mass is 10.2. The molecule has 2 aromatic heterocycles. The predicted molar refractivity (Wildman–Crippen MR) is 66.1 cm³/mol. The molecule has 18 heavy (non-hydrogen) atoms. The van der Waals surface area contributed by atoms with Crippen molar-refractivity contribution in [2.45, 2.75) is 6.92 Å². The van der Waals surface area contributed by atoms with E-state index in [1.807, 2.05) is 31.2 Å². The highest BCUT2D eigenvalue weighted by Gasteiger charge is 2.08. The molecule has 0 atom stereocenters. The largest absolute Gasteiger partial charge is 0.234 e. The van der Waals surface area contributed by atoms with Crippen molar-refractivity contribution in [3.05, 3.63) is 47.7 Å². The van der Waals surface area contributed by atoms with Gasteiger partial charge in [-0.3, -0.25) is 0 Å². The lowest BCUT2D eigenvalue weighted by Crippen LogP contribution is -2.01. The third kappa shape index (κ3) is 1.60. The second kappa shape index (κ2) is 3.93. The van der Waals surface area contributed by atoms with Gasteiger partial charge in [-0.2, -0.15) is 9.94 Å². The van der Waals surface area contributed by atoms with Crippen LogP contribution in [0.2, 0.25) is 0 Å². The number of hydrogen-bond donors (Lipinski definition) is 0. The Morgan fingerprint density at radius 1 is 1.22 bits per heavy atom. The smallest absolute Gasteiger partial charge is 0.157 e. The summed E-state index contributed by atoms with van der Waals surface area (Å²) in [5.74, 6) is 0.611. The second-order valence-electron chi connectivity index (χ2n) is 3.96. The first-order valence-electron chi connectivity index (χ1n) is 5.47. The first-order valence-corrected chi connectivity index (χ1v) is 5.47. The minimum absolute atomic E-state index is 0.567. The minimum Gasteiger partial charge on any atom is -0.234 e. The number of nitriles is 1. The van der Waals surface area contributed by atoms with Crippen LogP contribution >= 0.6 is 0 Å². The molecule has 0 aliphatic carbocycles. The van der Waals surface area contributed by atoms with Gasteiger partial charge >= 0.3 is 0 Å². The Hall–Kier alpha value is -2.74. The molecule has 5 nitrogen and oxygen atoms in total. The number of nitrogens with zero attached hydrogens (tertiary/aromatic N) is 5. The summed E-state index contributed by atoms with van der Waals surface area (Å²) < 4.78 is 1.64. The molecule has 86 valence electrons. The Labute approximate surface area is 103 Å². The standard InChI is InChI=1S/C13H9N5/c1-9-6-10(8-14)7-13(15-9)18-12-5-3-2-4-11(12)16-17-18/h2-7H,1H3. The van der Waals surface area contributed by atoms with E-state index in [-0.39, 0.29) is 0 Å². The Kier molecular flexibility index (Phi) is 2.27. The van der Waals surface area contributed by atoms with E-state index in [0.29, 0.717) is 11.4 Å². The van der Waals surface area contributed by atoms with E-state index in [0.717, 1.165) is 16.7 Å². The van der Waals surface area contributed by atoms with Gasteiger partial charge in [0, 0.05) is 11.8 Å². The fraction of sp³-hybridized carbons (Fsp3) is 0.0769. The van der Waals surface area contributed by atoms with Crippen molar-refractivity contribution >= 4 is 11.0 Å². The Balaban J connectivity index is 2.27. The lowest BCUT2D eigenvalue weighted by Gasteiger charge is -2.03. The quantitative estimate of drug-likeness (QED) is 0.647. The van der Waals surface area contributed by atoms with Crippen LogP contribution in [0.3, 0.4) is 0 Å². The molecule has 0 saturated carbocycles. The fourth-order valence-electron chi connectivity index (χ4n) is 1.86. The second-order valence-corrected chi connectivity index (χ2v) is 3.96. The van der Waals surface area contributed by atoms with Gasteiger partial charge in [-0.05, 0) is 25.1 Å². The summed E-state index contributed by atoms with van der Waals surface area (Å²) in [6, 6.07) is 13.2. The maximum absolute atomic E-state index is 8.97. The molecular formula is C13H9N5. The van der Waals surface area contributed by atoms with Crippen LogP contribution in [-0.4, -0.2) is 20.0 Å². The topological polar surface area (TPSA) is 67.4 Å². The molecular weight excluding hydrogens is 226 g/mol. The van der Waals surface area contributed by atoms with Gasteiger partial charge in [0.25, 0.3) is 0 Å². The molecule has 0 fully saturated rings. The van der Waals surface area contributed by atoms with Gasteiger partial charge in [-0.15, -0.1) is 5.10 Å². The molecule has 2 heterocycles. The van der Waals surface area contributed by atoms with E-state index in [2.05, 4.69) is 21.4 Å². The normalized spacial score (nSPS) is 10.4. The van der Waals surface area contributed by atoms with Crippen molar-refractivity contribution in [1.29, 1.82) is 5.26 Å². The van der Waals surface area contributed by atoms with Crippen LogP contribution in [0, 0.1) is 18.3 Å². The van der Waals surface area contributed by atoms with Crippen molar-refractivity contribution in [1.82, 2.24) is 20.0 Å². The fourth-order valence-corrected chi connectivity index (χ4v) is 1.86. The van der Waals surface area contributed by atoms with E-state index >= 15 is 0 Å². The molecule has 0 amide bonds. The number of rotatable bonds is 1. The van der Waals surface area contributed by atoms with Gasteiger partial charge in [-0.25, -0.2) is 4.98 Å². The van der Waals surface area contributed by atoms with Crippen LogP contribution in [0.1, 0.15) is 11.3 Å². The van der Waals surface area contributed by atoms with Gasteiger partial charge in [0.2, 0.25) is 0 Å². The number of aromatic nitrogens is 4. The van der Waals surface area contributed by atoms with Crippen molar-refractivity contribution in [2.75, 3.05) is 0 Å². The number of benzene rings is 1. The highest BCUT2D eigenvalue weighted by molar-refractivity contribution is 5.75. The average molecular weight is 235 g/mol. The molecule has 0 unspecified atom stereocenters. The van der Waals surface area contributed by atoms with E-state index in [1.54, 1.807) is 16.8 Å². The average Bonchev–Trinajstić information content (AvgIpc) is 2.81. The Morgan fingerprint density at radius 2 is 2.06 bits per heavy atom. The summed E-state index contributed by atoms with van der Waals surface area (Å²) in [5.41, 5.74) is 3.03. The monoisotopic (exact) mass is 235 g/mol. The molecule has 0 aliphatic heterocycles. The van der Waals surface area contributed by atoms with Crippen LogP contribution in [0.25, 0.3) is 16.9 Å². The highest BCUT2D eigenvalue weighted by Crippen LogP contribution is 2.15. The summed E-state index contributed by atoms with van der Waals surface area (Å²) in [4.78, 5) is 4.38. The minimum atomic E-state index is 0.567. The van der Waals surface area contributed by atoms with E-state index in [1.165, 1.54) is 0 Å². The van der Waals surface area contributed by atoms with Crippen molar-refractivity contribution in [3.8, 4) is 11.9 Å². The summed E-state index contributed by atoms with van der Waals surface area (Å²) >= 11 is 0. The van der Waals surface area contributed by atoms with Crippen LogP contribution in [0.5, 0.6) is 0 Å². The molecule has 5 heteroatoms. The van der Waals surface area contributed by atoms with Gasteiger partial charge < -0.3 is 0 Å². The molecule has 3 aromatic rings. The molecule has 1 aromatic carbocycles. The molecule has 0 aliphatic rings. The number of hydrogen-bond acceptors (Lipinski definition) is 4. The lowest BCUT2D eigenvalue weighted by molar-refractivity contribution is 0.797. The summed E-state index contributed by atoms with van der Waals surface area (Å²) in [6.07, 6.45) is 0. The Bertz CT molecular complexity index is 766. The third-order valence-corrected chi connectivity index (χ3v) is 2.64. The highest BCUT2D eigenvalue weighted by atomic mass is 15.4. The maximum Gasteiger partial charge on any atom is 0.157 e. The van der Waals surface area contributed by atoms with Crippen LogP contribution < -0.4 is 0 Å². The maximum atomic E-state index is 8.97. The van der Waals surface area contributed by atoms with E-state index in [9.17, 15) is 0 Å². The van der Waals surface area contributed by atoms with Gasteiger partial charge in [0.15, 0.2) is 5.82 Å². The van der Waals surface area contributed by atoms with Gasteiger partial charge in [0.05, 0.1) is 17.1 Å². The zero-order chi connectivity index (χ0) is 12.5. The first-order chi connectivity index (χ1) is 8.78. The number of aryl methyl sites for hydroxylation is 1. The van der Waals surface area contributed by atoms with Crippen LogP contribution in [0.15, 0.2) is 36.4 Å². The first kappa shape index (κ1) is 10.4.